The predicted molar refractivity (Wildman–Crippen MR) is 70.3 cm³/mol. The van der Waals surface area contributed by atoms with Crippen LogP contribution in [0.4, 0.5) is 0 Å². The Labute approximate surface area is 109 Å². The van der Waals surface area contributed by atoms with E-state index in [-0.39, 0.29) is 5.78 Å². The normalized spacial score (nSPS) is 28.0. The molecule has 0 radical (unpaired) electrons. The SMILES string of the molecule is COC1(C(=O)Cc2ccncc2)CCCC(C)C1. The van der Waals surface area contributed by atoms with E-state index >= 15 is 0 Å². The standard InChI is InChI=1S/C15H21NO2/c1-12-4-3-7-15(11-12,18-2)14(17)10-13-5-8-16-9-6-13/h5-6,8-9,12H,3-4,7,10-11H2,1-2H3. The first kappa shape index (κ1) is 13.2. The topological polar surface area (TPSA) is 39.2 Å². The molecule has 0 aliphatic heterocycles. The number of rotatable bonds is 4. The monoisotopic (exact) mass is 247 g/mol. The maximum absolute atomic E-state index is 12.5. The fraction of sp³-hybridized carbons (Fsp3) is 0.600. The van der Waals surface area contributed by atoms with Crippen molar-refractivity contribution in [1.82, 2.24) is 4.98 Å². The van der Waals surface area contributed by atoms with Crippen LogP contribution in [0.15, 0.2) is 24.5 Å². The minimum absolute atomic E-state index is 0.211. The molecule has 0 N–H and O–H groups in total. The molecule has 1 aromatic rings. The zero-order valence-corrected chi connectivity index (χ0v) is 11.2. The summed E-state index contributed by atoms with van der Waals surface area (Å²) in [5, 5.41) is 0. The summed E-state index contributed by atoms with van der Waals surface area (Å²) in [6.07, 6.45) is 7.90. The minimum Gasteiger partial charge on any atom is -0.370 e. The van der Waals surface area contributed by atoms with Crippen molar-refractivity contribution in [3.63, 3.8) is 0 Å². The molecule has 98 valence electrons. The molecule has 2 rings (SSSR count). The summed E-state index contributed by atoms with van der Waals surface area (Å²) >= 11 is 0. The lowest BCUT2D eigenvalue weighted by atomic mass is 9.75. The van der Waals surface area contributed by atoms with Gasteiger partial charge >= 0.3 is 0 Å². The second kappa shape index (κ2) is 5.61. The molecule has 0 aromatic carbocycles. The predicted octanol–water partition coefficient (Wildman–Crippen LogP) is 2.79. The first-order chi connectivity index (χ1) is 8.66. The average Bonchev–Trinajstić information content (AvgIpc) is 2.39. The summed E-state index contributed by atoms with van der Waals surface area (Å²) in [4.78, 5) is 16.5. The maximum atomic E-state index is 12.5. The Hall–Kier alpha value is -1.22. The summed E-state index contributed by atoms with van der Waals surface area (Å²) in [6, 6.07) is 3.79. The third kappa shape index (κ3) is 2.78. The van der Waals surface area contributed by atoms with E-state index < -0.39 is 5.60 Å². The van der Waals surface area contributed by atoms with E-state index in [4.69, 9.17) is 4.74 Å². The van der Waals surface area contributed by atoms with Gasteiger partial charge in [-0.25, -0.2) is 0 Å². The van der Waals surface area contributed by atoms with Crippen molar-refractivity contribution < 1.29 is 9.53 Å². The Morgan fingerprint density at radius 2 is 2.22 bits per heavy atom. The van der Waals surface area contributed by atoms with E-state index in [1.807, 2.05) is 12.1 Å². The summed E-state index contributed by atoms with van der Waals surface area (Å²) in [7, 11) is 1.67. The summed E-state index contributed by atoms with van der Waals surface area (Å²) in [6.45, 7) is 2.20. The van der Waals surface area contributed by atoms with Gasteiger partial charge in [0.1, 0.15) is 5.60 Å². The third-order valence-electron chi connectivity index (χ3n) is 3.97. The van der Waals surface area contributed by atoms with Crippen molar-refractivity contribution in [1.29, 1.82) is 0 Å². The highest BCUT2D eigenvalue weighted by Gasteiger charge is 2.41. The van der Waals surface area contributed by atoms with Crippen LogP contribution in [0, 0.1) is 5.92 Å². The Balaban J connectivity index is 2.10. The van der Waals surface area contributed by atoms with Crippen LogP contribution >= 0.6 is 0 Å². The van der Waals surface area contributed by atoms with Gasteiger partial charge in [-0.15, -0.1) is 0 Å². The van der Waals surface area contributed by atoms with E-state index in [9.17, 15) is 4.79 Å². The number of ether oxygens (including phenoxy) is 1. The highest BCUT2D eigenvalue weighted by molar-refractivity contribution is 5.89. The molecule has 2 atom stereocenters. The van der Waals surface area contributed by atoms with E-state index in [2.05, 4.69) is 11.9 Å². The molecule has 1 saturated carbocycles. The van der Waals surface area contributed by atoms with Crippen molar-refractivity contribution in [3.05, 3.63) is 30.1 Å². The lowest BCUT2D eigenvalue weighted by Gasteiger charge is -2.37. The molecule has 2 unspecified atom stereocenters. The number of ketones is 1. The van der Waals surface area contributed by atoms with Crippen LogP contribution in [-0.4, -0.2) is 23.5 Å². The van der Waals surface area contributed by atoms with E-state index in [1.165, 1.54) is 6.42 Å². The number of carbonyl (C=O) groups excluding carboxylic acids is 1. The van der Waals surface area contributed by atoms with Gasteiger partial charge < -0.3 is 4.74 Å². The molecule has 0 spiro atoms. The first-order valence-electron chi connectivity index (χ1n) is 6.63. The van der Waals surface area contributed by atoms with Crippen molar-refractivity contribution in [2.75, 3.05) is 7.11 Å². The van der Waals surface area contributed by atoms with E-state index in [1.54, 1.807) is 19.5 Å². The molecule has 0 saturated heterocycles. The van der Waals surface area contributed by atoms with Crippen LogP contribution in [-0.2, 0) is 16.0 Å². The molecule has 1 heterocycles. The van der Waals surface area contributed by atoms with Crippen LogP contribution in [0.2, 0.25) is 0 Å². The molecule has 1 aliphatic rings. The Morgan fingerprint density at radius 3 is 2.83 bits per heavy atom. The number of hydrogen-bond donors (Lipinski definition) is 0. The number of methoxy groups -OCH3 is 1. The number of pyridine rings is 1. The number of carbonyl (C=O) groups is 1. The van der Waals surface area contributed by atoms with Crippen molar-refractivity contribution in [2.45, 2.75) is 44.6 Å². The number of aromatic nitrogens is 1. The van der Waals surface area contributed by atoms with Crippen molar-refractivity contribution in [2.24, 2.45) is 5.92 Å². The lowest BCUT2D eigenvalue weighted by molar-refractivity contribution is -0.146. The molecule has 1 aliphatic carbocycles. The van der Waals surface area contributed by atoms with Crippen LogP contribution in [0.1, 0.15) is 38.2 Å². The van der Waals surface area contributed by atoms with E-state index in [0.29, 0.717) is 12.3 Å². The lowest BCUT2D eigenvalue weighted by Crippen LogP contribution is -2.45. The van der Waals surface area contributed by atoms with Crippen molar-refractivity contribution >= 4 is 5.78 Å². The Bertz CT molecular complexity index is 404. The Morgan fingerprint density at radius 1 is 1.50 bits per heavy atom. The summed E-state index contributed by atoms with van der Waals surface area (Å²) in [5.41, 5.74) is 0.464. The second-order valence-corrected chi connectivity index (χ2v) is 5.36. The van der Waals surface area contributed by atoms with Gasteiger partial charge in [-0.05, 0) is 42.9 Å². The molecule has 3 nitrogen and oxygen atoms in total. The van der Waals surface area contributed by atoms with Gasteiger partial charge in [0.2, 0.25) is 0 Å². The molecular weight excluding hydrogens is 226 g/mol. The van der Waals surface area contributed by atoms with Crippen LogP contribution < -0.4 is 0 Å². The Kier molecular flexibility index (Phi) is 4.12. The number of nitrogens with zero attached hydrogens (tertiary/aromatic N) is 1. The highest BCUT2D eigenvalue weighted by Crippen LogP contribution is 2.36. The summed E-state index contributed by atoms with van der Waals surface area (Å²) < 4.78 is 5.62. The fourth-order valence-corrected chi connectivity index (χ4v) is 2.90. The zero-order chi connectivity index (χ0) is 13.0. The van der Waals surface area contributed by atoms with Crippen LogP contribution in [0.5, 0.6) is 0 Å². The molecule has 1 aromatic heterocycles. The largest absolute Gasteiger partial charge is 0.370 e. The van der Waals surface area contributed by atoms with Crippen LogP contribution in [0.3, 0.4) is 0 Å². The quantitative estimate of drug-likeness (QED) is 0.821. The van der Waals surface area contributed by atoms with Crippen molar-refractivity contribution in [3.8, 4) is 0 Å². The van der Waals surface area contributed by atoms with Gasteiger partial charge in [-0.3, -0.25) is 9.78 Å². The van der Waals surface area contributed by atoms with Gasteiger partial charge in [0.05, 0.1) is 0 Å². The first-order valence-corrected chi connectivity index (χ1v) is 6.63. The average molecular weight is 247 g/mol. The molecule has 1 fully saturated rings. The van der Waals surface area contributed by atoms with E-state index in [0.717, 1.165) is 24.8 Å². The smallest absolute Gasteiger partial charge is 0.168 e. The fourth-order valence-electron chi connectivity index (χ4n) is 2.90. The van der Waals surface area contributed by atoms with Crippen LogP contribution in [0.25, 0.3) is 0 Å². The van der Waals surface area contributed by atoms with Gasteiger partial charge in [-0.2, -0.15) is 0 Å². The molecule has 3 heteroatoms. The number of hydrogen-bond acceptors (Lipinski definition) is 3. The third-order valence-corrected chi connectivity index (χ3v) is 3.97. The zero-order valence-electron chi connectivity index (χ0n) is 11.2. The maximum Gasteiger partial charge on any atom is 0.168 e. The molecule has 18 heavy (non-hydrogen) atoms. The summed E-state index contributed by atoms with van der Waals surface area (Å²) in [5.74, 6) is 0.780. The molecule has 0 bridgehead atoms. The number of Topliss-reactive ketones (excluding diaryl/α,β-unsaturated/α-hetero) is 1. The second-order valence-electron chi connectivity index (χ2n) is 5.36. The minimum atomic E-state index is -0.555. The van der Waals surface area contributed by atoms with Gasteiger partial charge in [-0.1, -0.05) is 13.3 Å². The molecule has 0 amide bonds. The van der Waals surface area contributed by atoms with Gasteiger partial charge in [0.15, 0.2) is 5.78 Å². The highest BCUT2D eigenvalue weighted by atomic mass is 16.5. The van der Waals surface area contributed by atoms with Gasteiger partial charge in [0, 0.05) is 25.9 Å². The molecular formula is C15H21NO2. The van der Waals surface area contributed by atoms with Gasteiger partial charge in [0.25, 0.3) is 0 Å².